The van der Waals surface area contributed by atoms with Gasteiger partial charge < -0.3 is 14.8 Å². The molecule has 200 valence electrons. The lowest BCUT2D eigenvalue weighted by Crippen LogP contribution is -2.24. The van der Waals surface area contributed by atoms with Crippen LogP contribution in [0.25, 0.3) is 22.0 Å². The summed E-state index contributed by atoms with van der Waals surface area (Å²) in [5.74, 6) is -1.29. The molecular formula is C30H27ClN2O5S. The molecule has 1 N–H and O–H groups in total. The van der Waals surface area contributed by atoms with E-state index in [1.165, 1.54) is 11.3 Å². The molecule has 2 aromatic carbocycles. The van der Waals surface area contributed by atoms with Crippen LogP contribution in [0, 0.1) is 5.92 Å². The molecule has 2 heterocycles. The second-order valence-corrected chi connectivity index (χ2v) is 10.7. The number of nitrogens with one attached hydrogen (secondary N) is 1. The second-order valence-electron chi connectivity index (χ2n) is 9.46. The van der Waals surface area contributed by atoms with Crippen LogP contribution in [0.4, 0.5) is 5.00 Å². The fraction of sp³-hybridized carbons (Fsp3) is 0.267. The number of fused-ring (bicyclic) bond motifs is 2. The van der Waals surface area contributed by atoms with Crippen LogP contribution < -0.4 is 5.32 Å². The molecule has 1 unspecified atom stereocenters. The monoisotopic (exact) mass is 562 g/mol. The van der Waals surface area contributed by atoms with Crippen molar-refractivity contribution < 1.29 is 23.9 Å². The Labute approximate surface area is 235 Å². The maximum atomic E-state index is 13.4. The first-order valence-corrected chi connectivity index (χ1v) is 14.0. The van der Waals surface area contributed by atoms with Crippen LogP contribution in [-0.2, 0) is 27.1 Å². The summed E-state index contributed by atoms with van der Waals surface area (Å²) in [5.41, 5.74) is 4.41. The molecule has 2 aromatic heterocycles. The Morgan fingerprint density at radius 1 is 1.03 bits per heavy atom. The average molecular weight is 563 g/mol. The fourth-order valence-corrected chi connectivity index (χ4v) is 6.10. The van der Waals surface area contributed by atoms with Crippen LogP contribution in [-0.4, -0.2) is 36.0 Å². The van der Waals surface area contributed by atoms with Crippen molar-refractivity contribution in [2.45, 2.75) is 33.1 Å². The van der Waals surface area contributed by atoms with Gasteiger partial charge in [0.2, 0.25) is 0 Å². The van der Waals surface area contributed by atoms with Crippen LogP contribution >= 0.6 is 22.9 Å². The van der Waals surface area contributed by atoms with Gasteiger partial charge in [-0.05, 0) is 49.8 Å². The maximum Gasteiger partial charge on any atom is 0.341 e. The molecule has 7 nitrogen and oxygen atoms in total. The number of amides is 1. The summed E-state index contributed by atoms with van der Waals surface area (Å²) in [4.78, 5) is 43.9. The van der Waals surface area contributed by atoms with Gasteiger partial charge in [-0.15, -0.1) is 11.3 Å². The zero-order chi connectivity index (χ0) is 27.5. The van der Waals surface area contributed by atoms with E-state index in [9.17, 15) is 14.4 Å². The second kappa shape index (κ2) is 11.6. The van der Waals surface area contributed by atoms with E-state index in [0.29, 0.717) is 38.0 Å². The first-order valence-electron chi connectivity index (χ1n) is 12.8. The molecule has 0 saturated heterocycles. The molecule has 1 aliphatic carbocycles. The summed E-state index contributed by atoms with van der Waals surface area (Å²) < 4.78 is 10.8. The zero-order valence-electron chi connectivity index (χ0n) is 21.6. The van der Waals surface area contributed by atoms with Crippen molar-refractivity contribution in [3.63, 3.8) is 0 Å². The molecule has 0 bridgehead atoms. The highest BCUT2D eigenvalue weighted by Gasteiger charge is 2.27. The van der Waals surface area contributed by atoms with Crippen molar-refractivity contribution in [2.24, 2.45) is 5.92 Å². The van der Waals surface area contributed by atoms with Gasteiger partial charge in [0.1, 0.15) is 10.6 Å². The lowest BCUT2D eigenvalue weighted by molar-refractivity contribution is -0.119. The number of aromatic nitrogens is 1. The Bertz CT molecular complexity index is 1580. The SMILES string of the molecule is CCOC(=O)c1c(-c2ccccc2Cl)csc1NC(=O)COC(=O)c1c2c(nc3ccccc13)CCC(C)C2. The topological polar surface area (TPSA) is 94.6 Å². The van der Waals surface area contributed by atoms with Crippen molar-refractivity contribution in [1.29, 1.82) is 0 Å². The Morgan fingerprint density at radius 2 is 1.77 bits per heavy atom. The molecule has 0 fully saturated rings. The molecule has 39 heavy (non-hydrogen) atoms. The van der Waals surface area contributed by atoms with E-state index >= 15 is 0 Å². The molecule has 0 radical (unpaired) electrons. The van der Waals surface area contributed by atoms with E-state index in [1.54, 1.807) is 30.5 Å². The van der Waals surface area contributed by atoms with Gasteiger partial charge in [0.05, 0.1) is 17.7 Å². The third-order valence-electron chi connectivity index (χ3n) is 6.73. The Morgan fingerprint density at radius 3 is 2.56 bits per heavy atom. The standard InChI is InChI=1S/C30H27ClN2O5S/c1-3-37-30(36)27-21(18-8-4-6-10-22(18)31)16-39-28(27)33-25(34)15-38-29(35)26-19-9-5-7-11-23(19)32-24-13-12-17(2)14-20(24)26/h4-11,16-17H,3,12-15H2,1-2H3,(H,33,34). The van der Waals surface area contributed by atoms with Crippen molar-refractivity contribution in [3.05, 3.63) is 81.3 Å². The van der Waals surface area contributed by atoms with E-state index in [1.807, 2.05) is 30.3 Å². The van der Waals surface area contributed by atoms with Gasteiger partial charge in [-0.2, -0.15) is 0 Å². The highest BCUT2D eigenvalue weighted by atomic mass is 35.5. The summed E-state index contributed by atoms with van der Waals surface area (Å²) in [5, 5.41) is 5.94. The van der Waals surface area contributed by atoms with Gasteiger partial charge in [0.15, 0.2) is 6.61 Å². The van der Waals surface area contributed by atoms with Gasteiger partial charge in [0.25, 0.3) is 5.91 Å². The molecular weight excluding hydrogens is 536 g/mol. The molecule has 1 amide bonds. The van der Waals surface area contributed by atoms with Gasteiger partial charge in [-0.3, -0.25) is 9.78 Å². The molecule has 1 atom stereocenters. The molecule has 0 spiro atoms. The van der Waals surface area contributed by atoms with Crippen molar-refractivity contribution in [1.82, 2.24) is 4.98 Å². The van der Waals surface area contributed by atoms with Crippen molar-refractivity contribution in [3.8, 4) is 11.1 Å². The summed E-state index contributed by atoms with van der Waals surface area (Å²) >= 11 is 7.55. The number of para-hydroxylation sites is 1. The first kappa shape index (κ1) is 26.8. The van der Waals surface area contributed by atoms with Crippen LogP contribution in [0.5, 0.6) is 0 Å². The van der Waals surface area contributed by atoms with E-state index in [0.717, 1.165) is 36.0 Å². The van der Waals surface area contributed by atoms with Gasteiger partial charge in [0, 0.05) is 32.6 Å². The zero-order valence-corrected chi connectivity index (χ0v) is 23.2. The molecule has 0 saturated carbocycles. The summed E-state index contributed by atoms with van der Waals surface area (Å²) in [6.07, 6.45) is 2.53. The highest BCUT2D eigenvalue weighted by Crippen LogP contribution is 2.39. The average Bonchev–Trinajstić information content (AvgIpc) is 3.34. The van der Waals surface area contributed by atoms with Crippen molar-refractivity contribution >= 4 is 56.7 Å². The number of rotatable bonds is 7. The number of benzene rings is 2. The minimum absolute atomic E-state index is 0.171. The predicted octanol–water partition coefficient (Wildman–Crippen LogP) is 6.71. The fourth-order valence-electron chi connectivity index (χ4n) is 4.90. The largest absolute Gasteiger partial charge is 0.462 e. The number of pyridine rings is 1. The van der Waals surface area contributed by atoms with Gasteiger partial charge in [-0.25, -0.2) is 9.59 Å². The van der Waals surface area contributed by atoms with Crippen LogP contribution in [0.1, 0.15) is 52.2 Å². The van der Waals surface area contributed by atoms with Crippen LogP contribution in [0.3, 0.4) is 0 Å². The predicted molar refractivity (Wildman–Crippen MR) is 153 cm³/mol. The van der Waals surface area contributed by atoms with Gasteiger partial charge in [-0.1, -0.05) is 54.9 Å². The Kier molecular flexibility index (Phi) is 7.95. The number of anilines is 1. The van der Waals surface area contributed by atoms with Crippen LogP contribution in [0.2, 0.25) is 5.02 Å². The third kappa shape index (κ3) is 5.53. The molecule has 9 heteroatoms. The van der Waals surface area contributed by atoms with Crippen molar-refractivity contribution in [2.75, 3.05) is 18.5 Å². The number of carbonyl (C=O) groups is 3. The number of halogens is 1. The van der Waals surface area contributed by atoms with Crippen LogP contribution in [0.15, 0.2) is 53.9 Å². The number of hydrogen-bond acceptors (Lipinski definition) is 7. The van der Waals surface area contributed by atoms with E-state index < -0.39 is 24.5 Å². The summed E-state index contributed by atoms with van der Waals surface area (Å²) in [6.45, 7) is 3.52. The normalized spacial score (nSPS) is 14.5. The number of thiophene rings is 1. The van der Waals surface area contributed by atoms with E-state index in [2.05, 4.69) is 12.2 Å². The number of aryl methyl sites for hydroxylation is 1. The first-order chi connectivity index (χ1) is 18.9. The Hall–Kier alpha value is -3.75. The quantitative estimate of drug-likeness (QED) is 0.251. The minimum atomic E-state index is -0.579. The number of ether oxygens (including phenoxy) is 2. The Balaban J connectivity index is 1.38. The lowest BCUT2D eigenvalue weighted by Gasteiger charge is -2.24. The third-order valence-corrected chi connectivity index (χ3v) is 7.96. The van der Waals surface area contributed by atoms with E-state index in [4.69, 9.17) is 26.1 Å². The number of esters is 2. The molecule has 5 rings (SSSR count). The smallest absolute Gasteiger partial charge is 0.341 e. The molecule has 0 aliphatic heterocycles. The minimum Gasteiger partial charge on any atom is -0.462 e. The van der Waals surface area contributed by atoms with Gasteiger partial charge >= 0.3 is 11.9 Å². The lowest BCUT2D eigenvalue weighted by atomic mass is 9.84. The highest BCUT2D eigenvalue weighted by molar-refractivity contribution is 7.15. The number of nitrogens with zero attached hydrogens (tertiary/aromatic N) is 1. The summed E-state index contributed by atoms with van der Waals surface area (Å²) in [7, 11) is 0. The number of hydrogen-bond donors (Lipinski definition) is 1. The maximum absolute atomic E-state index is 13.4. The number of carbonyl (C=O) groups excluding carboxylic acids is 3. The van der Waals surface area contributed by atoms with E-state index in [-0.39, 0.29) is 12.2 Å². The molecule has 4 aromatic rings. The summed E-state index contributed by atoms with van der Waals surface area (Å²) in [6, 6.07) is 14.6. The molecule has 1 aliphatic rings.